The van der Waals surface area contributed by atoms with E-state index in [1.165, 1.54) is 6.07 Å². The lowest BCUT2D eigenvalue weighted by molar-refractivity contribution is -0.274. The Bertz CT molecular complexity index is 1410. The van der Waals surface area contributed by atoms with Crippen LogP contribution in [0.1, 0.15) is 35.3 Å². The largest absolute Gasteiger partial charge is 0.573 e. The summed E-state index contributed by atoms with van der Waals surface area (Å²) >= 11 is -2.51. The van der Waals surface area contributed by atoms with Gasteiger partial charge in [0.15, 0.2) is 0 Å². The lowest BCUT2D eigenvalue weighted by Gasteiger charge is -2.42. The minimum Gasteiger partial charge on any atom is -0.480 e. The molecule has 42 heavy (non-hydrogen) atoms. The Balaban J connectivity index is 1.71. The molecule has 1 aliphatic rings. The summed E-state index contributed by atoms with van der Waals surface area (Å²) in [4.78, 5) is 26.0. The number of alkyl halides is 3. The molecule has 2 aromatic carbocycles. The van der Waals surface area contributed by atoms with Crippen LogP contribution in [0.15, 0.2) is 42.5 Å². The van der Waals surface area contributed by atoms with Crippen molar-refractivity contribution < 1.29 is 41.4 Å². The number of carboxylic acid groups (broad SMARTS) is 1. The second-order valence-corrected chi connectivity index (χ2v) is 10.2. The number of hydrogen-bond acceptors (Lipinski definition) is 7. The number of ether oxygens (including phenoxy) is 1. The number of carbonyl (C=O) groups excluding carboxylic acids is 1. The molecule has 1 fully saturated rings. The molecule has 2 aromatic rings. The fraction of sp³-hybridized carbons (Fsp3) is 0.370. The lowest BCUT2D eigenvalue weighted by Crippen LogP contribution is -2.60. The van der Waals surface area contributed by atoms with Gasteiger partial charge in [-0.3, -0.25) is 14.1 Å². The zero-order chi connectivity index (χ0) is 31.0. The zero-order valence-corrected chi connectivity index (χ0v) is 23.4. The van der Waals surface area contributed by atoms with Crippen LogP contribution in [-0.2, 0) is 16.1 Å². The van der Waals surface area contributed by atoms with Gasteiger partial charge in [-0.2, -0.15) is 5.26 Å². The van der Waals surface area contributed by atoms with E-state index in [1.54, 1.807) is 37.1 Å². The second kappa shape index (κ2) is 14.2. The van der Waals surface area contributed by atoms with Crippen molar-refractivity contribution in [3.05, 3.63) is 59.2 Å². The molecule has 11 nitrogen and oxygen atoms in total. The van der Waals surface area contributed by atoms with Gasteiger partial charge in [0.2, 0.25) is 11.3 Å². The Labute approximate surface area is 242 Å². The third kappa shape index (κ3) is 8.67. The number of hydrazine groups is 1. The average molecular weight is 608 g/mol. The zero-order valence-electron chi connectivity index (χ0n) is 22.6. The highest BCUT2D eigenvalue weighted by Gasteiger charge is 2.38. The van der Waals surface area contributed by atoms with Crippen molar-refractivity contribution in [2.75, 3.05) is 37.6 Å². The Morgan fingerprint density at radius 1 is 1.10 bits per heavy atom. The molecule has 0 radical (unpaired) electrons. The molecule has 3 N–H and O–H groups in total. The minimum absolute atomic E-state index is 0.249. The number of benzene rings is 2. The molecular formula is C27H28F3N5O6S. The van der Waals surface area contributed by atoms with E-state index in [0.717, 1.165) is 22.2 Å². The van der Waals surface area contributed by atoms with Gasteiger partial charge in [-0.25, -0.2) is 9.22 Å². The minimum atomic E-state index is -5.02. The summed E-state index contributed by atoms with van der Waals surface area (Å²) < 4.78 is 65.0. The van der Waals surface area contributed by atoms with E-state index in [-0.39, 0.29) is 5.56 Å². The van der Waals surface area contributed by atoms with Gasteiger partial charge in [0.05, 0.1) is 11.6 Å². The predicted molar refractivity (Wildman–Crippen MR) is 146 cm³/mol. The molecule has 0 aromatic heterocycles. The number of rotatable bonds is 9. The number of piperazine rings is 1. The number of nitrogens with zero attached hydrogens (tertiary/aromatic N) is 4. The first-order valence-electron chi connectivity index (χ1n) is 12.6. The number of carboxylic acids is 1. The number of anilines is 1. The molecule has 0 saturated carbocycles. The molecule has 0 aliphatic carbocycles. The summed E-state index contributed by atoms with van der Waals surface area (Å²) in [7, 11) is 0. The van der Waals surface area contributed by atoms with E-state index in [9.17, 15) is 36.6 Å². The highest BCUT2D eigenvalue weighted by Crippen LogP contribution is 2.27. The topological polar surface area (TPSA) is 146 Å². The summed E-state index contributed by atoms with van der Waals surface area (Å²) in [6, 6.07) is 11.0. The van der Waals surface area contributed by atoms with Crippen LogP contribution in [0.4, 0.5) is 18.9 Å². The van der Waals surface area contributed by atoms with Gasteiger partial charge in [0.1, 0.15) is 18.3 Å². The Morgan fingerprint density at radius 3 is 2.21 bits per heavy atom. The number of carbonyl (C=O) groups is 2. The normalized spacial score (nSPS) is 15.4. The molecule has 1 saturated heterocycles. The van der Waals surface area contributed by atoms with Gasteiger partial charge in [-0.15, -0.1) is 17.6 Å². The van der Waals surface area contributed by atoms with Crippen LogP contribution in [-0.4, -0.2) is 80.3 Å². The molecule has 1 aliphatic heterocycles. The fourth-order valence-electron chi connectivity index (χ4n) is 4.27. The van der Waals surface area contributed by atoms with E-state index < -0.39 is 59.3 Å². The first kappa shape index (κ1) is 32.4. The highest BCUT2D eigenvalue weighted by molar-refractivity contribution is 7.76. The molecule has 3 rings (SSSR count). The van der Waals surface area contributed by atoms with E-state index in [4.69, 9.17) is 5.26 Å². The Hall–Kier alpha value is -4.15. The van der Waals surface area contributed by atoms with Crippen LogP contribution in [0.2, 0.25) is 0 Å². The molecule has 2 atom stereocenters. The SMILES string of the molecule is CC(C)C(C(=O)O)N(N1CCN(c2ccc(C#Cc3ccc(OC(F)(F)F)c(C(=O)NCC#N)c3)cc2)CC1)S(=O)O. The third-order valence-corrected chi connectivity index (χ3v) is 6.96. The number of aliphatic carboxylic acids is 1. The van der Waals surface area contributed by atoms with Crippen molar-refractivity contribution in [3.8, 4) is 23.7 Å². The summed E-state index contributed by atoms with van der Waals surface area (Å²) in [5, 5.41) is 22.0. The van der Waals surface area contributed by atoms with Gasteiger partial charge in [-0.1, -0.05) is 25.7 Å². The average Bonchev–Trinajstić information content (AvgIpc) is 2.93. The van der Waals surface area contributed by atoms with Gasteiger partial charge in [-0.05, 0) is 48.4 Å². The van der Waals surface area contributed by atoms with Crippen molar-refractivity contribution >= 4 is 28.8 Å². The van der Waals surface area contributed by atoms with Gasteiger partial charge in [0.25, 0.3) is 5.91 Å². The molecule has 2 unspecified atom stereocenters. The Kier molecular flexibility index (Phi) is 10.9. The number of nitrogens with one attached hydrogen (secondary N) is 1. The van der Waals surface area contributed by atoms with Crippen LogP contribution < -0.4 is 15.0 Å². The third-order valence-electron chi connectivity index (χ3n) is 6.18. The smallest absolute Gasteiger partial charge is 0.480 e. The van der Waals surface area contributed by atoms with E-state index in [2.05, 4.69) is 21.9 Å². The van der Waals surface area contributed by atoms with Crippen molar-refractivity contribution in [2.45, 2.75) is 26.3 Å². The first-order chi connectivity index (χ1) is 19.8. The number of hydrogen-bond donors (Lipinski definition) is 3. The maximum atomic E-state index is 12.8. The van der Waals surface area contributed by atoms with Crippen molar-refractivity contribution in [2.24, 2.45) is 5.92 Å². The standard InChI is InChI=1S/C27H28F3N5O6S/c1-18(2)24(26(37)38)35(42(39)40)34-15-13-33(14-16-34)21-8-5-19(6-9-21)3-4-20-7-10-23(41-27(28,29)30)22(17-20)25(36)32-12-11-31/h5-10,17-18,24H,12-16H2,1-2H3,(H,32,36)(H,37,38)(H,39,40). The number of halogens is 3. The molecule has 224 valence electrons. The molecule has 15 heteroatoms. The van der Waals surface area contributed by atoms with Gasteiger partial charge >= 0.3 is 12.3 Å². The fourth-order valence-corrected chi connectivity index (χ4v) is 5.16. The van der Waals surface area contributed by atoms with Crippen molar-refractivity contribution in [3.63, 3.8) is 0 Å². The van der Waals surface area contributed by atoms with Gasteiger partial charge in [0, 0.05) is 43.0 Å². The molecule has 1 amide bonds. The summed E-state index contributed by atoms with van der Waals surface area (Å²) in [6.07, 6.45) is -5.02. The maximum absolute atomic E-state index is 12.8. The van der Waals surface area contributed by atoms with Crippen molar-refractivity contribution in [1.82, 2.24) is 14.7 Å². The van der Waals surface area contributed by atoms with Gasteiger partial charge < -0.3 is 20.1 Å². The maximum Gasteiger partial charge on any atom is 0.573 e. The van der Waals surface area contributed by atoms with Crippen LogP contribution in [0.5, 0.6) is 5.75 Å². The van der Waals surface area contributed by atoms with Crippen LogP contribution in [0, 0.1) is 29.1 Å². The Morgan fingerprint density at radius 2 is 1.69 bits per heavy atom. The summed E-state index contributed by atoms with van der Waals surface area (Å²) in [6.45, 7) is 4.51. The van der Waals surface area contributed by atoms with Crippen molar-refractivity contribution in [1.29, 1.82) is 5.26 Å². The first-order valence-corrected chi connectivity index (χ1v) is 13.7. The van der Waals surface area contributed by atoms with Crippen LogP contribution >= 0.6 is 0 Å². The molecule has 0 bridgehead atoms. The number of amides is 1. The van der Waals surface area contributed by atoms with E-state index >= 15 is 0 Å². The summed E-state index contributed by atoms with van der Waals surface area (Å²) in [5.41, 5.74) is 1.27. The highest BCUT2D eigenvalue weighted by atomic mass is 32.2. The van der Waals surface area contributed by atoms with Crippen LogP contribution in [0.25, 0.3) is 0 Å². The molecule has 0 spiro atoms. The quantitative estimate of drug-likeness (QED) is 0.223. The number of nitriles is 1. The predicted octanol–water partition coefficient (Wildman–Crippen LogP) is 2.82. The molecule has 1 heterocycles. The summed E-state index contributed by atoms with van der Waals surface area (Å²) in [5.74, 6) is 2.47. The molecular weight excluding hydrogens is 579 g/mol. The monoisotopic (exact) mass is 607 g/mol. The second-order valence-electron chi connectivity index (χ2n) is 9.40. The van der Waals surface area contributed by atoms with Crippen LogP contribution in [0.3, 0.4) is 0 Å². The van der Waals surface area contributed by atoms with E-state index in [1.807, 2.05) is 17.0 Å². The lowest BCUT2D eigenvalue weighted by atomic mass is 10.1. The van der Waals surface area contributed by atoms with E-state index in [0.29, 0.717) is 31.7 Å².